The molecule has 0 bridgehead atoms. The first kappa shape index (κ1) is 15.9. The standard InChI is InChI=1S/C14H18N4O4/c1-10-4-6-17(13(19)12(10)14(20)21)8-11-16-15-9-18(11)5-3-7-22-2/h4,6,9H,3,5,7-8H2,1-2H3,(H,20,21). The number of hydrogen-bond donors (Lipinski definition) is 1. The molecule has 0 saturated heterocycles. The highest BCUT2D eigenvalue weighted by Gasteiger charge is 2.15. The summed E-state index contributed by atoms with van der Waals surface area (Å²) in [4.78, 5) is 23.4. The van der Waals surface area contributed by atoms with Crippen LogP contribution >= 0.6 is 0 Å². The number of nitrogens with zero attached hydrogens (tertiary/aromatic N) is 4. The van der Waals surface area contributed by atoms with E-state index in [0.29, 0.717) is 24.5 Å². The molecule has 0 atom stereocenters. The highest BCUT2D eigenvalue weighted by Crippen LogP contribution is 2.04. The van der Waals surface area contributed by atoms with Crippen LogP contribution in [-0.2, 0) is 17.8 Å². The van der Waals surface area contributed by atoms with Crippen molar-refractivity contribution in [3.63, 3.8) is 0 Å². The van der Waals surface area contributed by atoms with E-state index < -0.39 is 11.5 Å². The van der Waals surface area contributed by atoms with Crippen LogP contribution in [0.1, 0.15) is 28.2 Å². The van der Waals surface area contributed by atoms with E-state index in [1.807, 2.05) is 4.57 Å². The van der Waals surface area contributed by atoms with Crippen molar-refractivity contribution in [3.05, 3.63) is 45.9 Å². The highest BCUT2D eigenvalue weighted by atomic mass is 16.5. The Bertz CT molecular complexity index is 720. The number of hydrogen-bond acceptors (Lipinski definition) is 5. The molecule has 2 heterocycles. The van der Waals surface area contributed by atoms with Gasteiger partial charge in [0.1, 0.15) is 11.9 Å². The average molecular weight is 306 g/mol. The number of aromatic nitrogens is 4. The van der Waals surface area contributed by atoms with E-state index in [1.54, 1.807) is 32.6 Å². The first-order valence-electron chi connectivity index (χ1n) is 6.83. The normalized spacial score (nSPS) is 10.8. The zero-order valence-electron chi connectivity index (χ0n) is 12.5. The summed E-state index contributed by atoms with van der Waals surface area (Å²) >= 11 is 0. The quantitative estimate of drug-likeness (QED) is 0.749. The molecule has 0 fully saturated rings. The lowest BCUT2D eigenvalue weighted by atomic mass is 10.1. The summed E-state index contributed by atoms with van der Waals surface area (Å²) in [6.45, 7) is 3.06. The molecular formula is C14H18N4O4. The minimum atomic E-state index is -1.22. The Hall–Kier alpha value is -2.48. The topological polar surface area (TPSA) is 99.2 Å². The molecule has 2 aromatic heterocycles. The molecule has 0 aliphatic rings. The van der Waals surface area contributed by atoms with Gasteiger partial charge in [-0.1, -0.05) is 0 Å². The lowest BCUT2D eigenvalue weighted by molar-refractivity contribution is 0.0693. The van der Waals surface area contributed by atoms with Crippen molar-refractivity contribution >= 4 is 5.97 Å². The van der Waals surface area contributed by atoms with E-state index in [0.717, 1.165) is 6.42 Å². The highest BCUT2D eigenvalue weighted by molar-refractivity contribution is 5.88. The molecule has 2 aromatic rings. The van der Waals surface area contributed by atoms with Gasteiger partial charge in [-0.2, -0.15) is 0 Å². The number of carboxylic acid groups (broad SMARTS) is 1. The summed E-state index contributed by atoms with van der Waals surface area (Å²) < 4.78 is 8.15. The van der Waals surface area contributed by atoms with Crippen LogP contribution in [-0.4, -0.2) is 44.1 Å². The second-order valence-electron chi connectivity index (χ2n) is 4.90. The van der Waals surface area contributed by atoms with Crippen molar-refractivity contribution in [2.45, 2.75) is 26.4 Å². The summed E-state index contributed by atoms with van der Waals surface area (Å²) in [5.41, 5.74) is -0.317. The maximum atomic E-state index is 12.2. The van der Waals surface area contributed by atoms with Gasteiger partial charge in [0, 0.05) is 26.5 Å². The van der Waals surface area contributed by atoms with Gasteiger partial charge in [-0.25, -0.2) is 4.79 Å². The predicted octanol–water partition coefficient (Wildman–Crippen LogP) is 0.531. The maximum absolute atomic E-state index is 12.2. The maximum Gasteiger partial charge on any atom is 0.341 e. The molecule has 0 amide bonds. The molecule has 8 nitrogen and oxygen atoms in total. The van der Waals surface area contributed by atoms with Gasteiger partial charge in [-0.15, -0.1) is 10.2 Å². The number of aryl methyl sites for hydroxylation is 2. The lowest BCUT2D eigenvalue weighted by Crippen LogP contribution is -2.28. The number of carboxylic acids is 1. The summed E-state index contributed by atoms with van der Waals surface area (Å²) in [6, 6.07) is 1.61. The Balaban J connectivity index is 2.25. The van der Waals surface area contributed by atoms with Crippen molar-refractivity contribution in [1.29, 1.82) is 0 Å². The first-order chi connectivity index (χ1) is 10.5. The van der Waals surface area contributed by atoms with Crippen molar-refractivity contribution < 1.29 is 14.6 Å². The minimum Gasteiger partial charge on any atom is -0.477 e. The van der Waals surface area contributed by atoms with Crippen molar-refractivity contribution in [1.82, 2.24) is 19.3 Å². The largest absolute Gasteiger partial charge is 0.477 e. The van der Waals surface area contributed by atoms with Gasteiger partial charge in [0.25, 0.3) is 5.56 Å². The van der Waals surface area contributed by atoms with E-state index in [1.165, 1.54) is 4.57 Å². The van der Waals surface area contributed by atoms with Gasteiger partial charge < -0.3 is 19.0 Å². The van der Waals surface area contributed by atoms with Gasteiger partial charge in [-0.3, -0.25) is 4.79 Å². The van der Waals surface area contributed by atoms with Crippen LogP contribution in [0.5, 0.6) is 0 Å². The fourth-order valence-corrected chi connectivity index (χ4v) is 2.17. The van der Waals surface area contributed by atoms with Gasteiger partial charge in [0.2, 0.25) is 0 Å². The minimum absolute atomic E-state index is 0.173. The Labute approximate surface area is 127 Å². The van der Waals surface area contributed by atoms with Crippen LogP contribution in [0.2, 0.25) is 0 Å². The number of carbonyl (C=O) groups is 1. The Morgan fingerprint density at radius 3 is 2.86 bits per heavy atom. The Kier molecular flexibility index (Phi) is 5.05. The molecule has 0 aliphatic carbocycles. The van der Waals surface area contributed by atoms with Crippen LogP contribution in [0, 0.1) is 6.92 Å². The molecule has 0 aliphatic heterocycles. The zero-order valence-corrected chi connectivity index (χ0v) is 12.5. The predicted molar refractivity (Wildman–Crippen MR) is 78.0 cm³/mol. The smallest absolute Gasteiger partial charge is 0.341 e. The summed E-state index contributed by atoms with van der Waals surface area (Å²) in [5.74, 6) is -0.628. The van der Waals surface area contributed by atoms with Crippen molar-refractivity contribution in [2.24, 2.45) is 0 Å². The van der Waals surface area contributed by atoms with E-state index in [4.69, 9.17) is 9.84 Å². The molecule has 0 unspecified atom stereocenters. The Morgan fingerprint density at radius 1 is 1.41 bits per heavy atom. The van der Waals surface area contributed by atoms with E-state index in [2.05, 4.69) is 10.2 Å². The van der Waals surface area contributed by atoms with Crippen LogP contribution in [0.15, 0.2) is 23.4 Å². The second-order valence-corrected chi connectivity index (χ2v) is 4.90. The number of ether oxygens (including phenoxy) is 1. The average Bonchev–Trinajstić information content (AvgIpc) is 2.89. The molecule has 118 valence electrons. The molecule has 2 rings (SSSR count). The monoisotopic (exact) mass is 306 g/mol. The van der Waals surface area contributed by atoms with Gasteiger partial charge >= 0.3 is 5.97 Å². The molecule has 0 radical (unpaired) electrons. The number of rotatable bonds is 7. The van der Waals surface area contributed by atoms with E-state index in [9.17, 15) is 9.59 Å². The summed E-state index contributed by atoms with van der Waals surface area (Å²) in [5, 5.41) is 17.0. The van der Waals surface area contributed by atoms with Crippen LogP contribution < -0.4 is 5.56 Å². The molecular weight excluding hydrogens is 288 g/mol. The molecule has 0 saturated carbocycles. The summed E-state index contributed by atoms with van der Waals surface area (Å²) in [7, 11) is 1.63. The first-order valence-corrected chi connectivity index (χ1v) is 6.83. The lowest BCUT2D eigenvalue weighted by Gasteiger charge is -2.10. The second kappa shape index (κ2) is 6.99. The SMILES string of the molecule is COCCCn1cnnc1Cn1ccc(C)c(C(=O)O)c1=O. The molecule has 22 heavy (non-hydrogen) atoms. The summed E-state index contributed by atoms with van der Waals surface area (Å²) in [6.07, 6.45) is 3.95. The molecule has 0 aromatic carbocycles. The molecule has 1 N–H and O–H groups in total. The Morgan fingerprint density at radius 2 is 2.18 bits per heavy atom. The van der Waals surface area contributed by atoms with Gasteiger partial charge in [0.15, 0.2) is 5.82 Å². The third-order valence-electron chi connectivity index (χ3n) is 3.34. The van der Waals surface area contributed by atoms with E-state index >= 15 is 0 Å². The fourth-order valence-electron chi connectivity index (χ4n) is 2.17. The van der Waals surface area contributed by atoms with E-state index in [-0.39, 0.29) is 12.1 Å². The molecule has 0 spiro atoms. The number of aromatic carboxylic acids is 1. The van der Waals surface area contributed by atoms with Gasteiger partial charge in [-0.05, 0) is 25.0 Å². The fraction of sp³-hybridized carbons (Fsp3) is 0.429. The van der Waals surface area contributed by atoms with Crippen LogP contribution in [0.4, 0.5) is 0 Å². The number of pyridine rings is 1. The third kappa shape index (κ3) is 3.40. The van der Waals surface area contributed by atoms with Gasteiger partial charge in [0.05, 0.1) is 6.54 Å². The van der Waals surface area contributed by atoms with Crippen molar-refractivity contribution in [3.8, 4) is 0 Å². The van der Waals surface area contributed by atoms with Crippen molar-refractivity contribution in [2.75, 3.05) is 13.7 Å². The third-order valence-corrected chi connectivity index (χ3v) is 3.34. The zero-order chi connectivity index (χ0) is 16.1. The molecule has 8 heteroatoms. The van der Waals surface area contributed by atoms with Crippen LogP contribution in [0.25, 0.3) is 0 Å². The van der Waals surface area contributed by atoms with Crippen LogP contribution in [0.3, 0.4) is 0 Å². The number of methoxy groups -OCH3 is 1.